The number of benzene rings is 2. The summed E-state index contributed by atoms with van der Waals surface area (Å²) in [6, 6.07) is 12.2. The lowest BCUT2D eigenvalue weighted by atomic mass is 10.1. The molecular formula is C21H20N2O3. The van der Waals surface area contributed by atoms with E-state index in [1.54, 1.807) is 42.5 Å². The lowest BCUT2D eigenvalue weighted by Crippen LogP contribution is -2.33. The first-order chi connectivity index (χ1) is 12.6. The Hall–Kier alpha value is -2.95. The van der Waals surface area contributed by atoms with E-state index in [1.165, 1.54) is 4.90 Å². The van der Waals surface area contributed by atoms with Crippen molar-refractivity contribution in [3.63, 3.8) is 0 Å². The molecule has 0 unspecified atom stereocenters. The molecule has 2 aliphatic rings. The van der Waals surface area contributed by atoms with Crippen LogP contribution in [0.15, 0.2) is 42.5 Å². The quantitative estimate of drug-likeness (QED) is 0.864. The van der Waals surface area contributed by atoms with Crippen LogP contribution in [-0.4, -0.2) is 23.8 Å². The number of amides is 3. The number of rotatable bonds is 3. The van der Waals surface area contributed by atoms with E-state index in [0.717, 1.165) is 31.2 Å². The van der Waals surface area contributed by atoms with Gasteiger partial charge in [0.15, 0.2) is 0 Å². The van der Waals surface area contributed by atoms with Gasteiger partial charge < -0.3 is 5.32 Å². The molecular weight excluding hydrogens is 328 g/mol. The number of carbonyl (C=O) groups excluding carboxylic acids is 3. The molecule has 4 rings (SSSR count). The summed E-state index contributed by atoms with van der Waals surface area (Å²) in [4.78, 5) is 39.2. The van der Waals surface area contributed by atoms with E-state index in [2.05, 4.69) is 5.32 Å². The van der Waals surface area contributed by atoms with Gasteiger partial charge in [-0.3, -0.25) is 14.4 Å². The predicted octanol–water partition coefficient (Wildman–Crippen LogP) is 3.47. The van der Waals surface area contributed by atoms with Gasteiger partial charge in [0.1, 0.15) is 0 Å². The Morgan fingerprint density at radius 3 is 2.23 bits per heavy atom. The third-order valence-electron chi connectivity index (χ3n) is 5.20. The molecule has 1 aliphatic heterocycles. The van der Waals surface area contributed by atoms with Gasteiger partial charge in [0, 0.05) is 11.6 Å². The Morgan fingerprint density at radius 2 is 1.62 bits per heavy atom. The van der Waals surface area contributed by atoms with Crippen molar-refractivity contribution in [1.29, 1.82) is 0 Å². The van der Waals surface area contributed by atoms with Crippen LogP contribution < -0.4 is 10.2 Å². The molecule has 26 heavy (non-hydrogen) atoms. The average molecular weight is 348 g/mol. The van der Waals surface area contributed by atoms with Gasteiger partial charge in [-0.1, -0.05) is 31.0 Å². The minimum absolute atomic E-state index is 0.158. The molecule has 0 saturated heterocycles. The van der Waals surface area contributed by atoms with Crippen molar-refractivity contribution < 1.29 is 14.4 Å². The van der Waals surface area contributed by atoms with Crippen LogP contribution in [0.25, 0.3) is 0 Å². The minimum Gasteiger partial charge on any atom is -0.349 e. The third-order valence-corrected chi connectivity index (χ3v) is 5.20. The Labute approximate surface area is 152 Å². The van der Waals surface area contributed by atoms with Crippen molar-refractivity contribution in [2.75, 3.05) is 4.90 Å². The zero-order valence-corrected chi connectivity index (χ0v) is 14.6. The fourth-order valence-corrected chi connectivity index (χ4v) is 3.74. The maximum atomic E-state index is 12.7. The number of aryl methyl sites for hydroxylation is 1. The molecule has 0 spiro atoms. The average Bonchev–Trinajstić information content (AvgIpc) is 3.23. The van der Waals surface area contributed by atoms with Gasteiger partial charge in [-0.05, 0) is 49.6 Å². The molecule has 0 aromatic heterocycles. The highest BCUT2D eigenvalue weighted by molar-refractivity contribution is 6.34. The highest BCUT2D eigenvalue weighted by atomic mass is 16.2. The summed E-state index contributed by atoms with van der Waals surface area (Å²) in [5, 5.41) is 3.04. The van der Waals surface area contributed by atoms with Crippen LogP contribution in [-0.2, 0) is 0 Å². The molecule has 132 valence electrons. The fraction of sp³-hybridized carbons (Fsp3) is 0.286. The number of hydrogen-bond donors (Lipinski definition) is 1. The first-order valence-electron chi connectivity index (χ1n) is 8.95. The van der Waals surface area contributed by atoms with E-state index < -0.39 is 0 Å². The number of carbonyl (C=O) groups is 3. The number of fused-ring (bicyclic) bond motifs is 1. The van der Waals surface area contributed by atoms with Crippen molar-refractivity contribution in [1.82, 2.24) is 5.32 Å². The number of anilines is 1. The van der Waals surface area contributed by atoms with Crippen molar-refractivity contribution >= 4 is 23.4 Å². The number of nitrogens with zero attached hydrogens (tertiary/aromatic N) is 1. The Kier molecular flexibility index (Phi) is 4.07. The summed E-state index contributed by atoms with van der Waals surface area (Å²) >= 11 is 0. The van der Waals surface area contributed by atoms with E-state index >= 15 is 0 Å². The normalized spacial score (nSPS) is 16.9. The number of nitrogens with one attached hydrogen (secondary N) is 1. The van der Waals surface area contributed by atoms with Gasteiger partial charge in [0.05, 0.1) is 16.8 Å². The summed E-state index contributed by atoms with van der Waals surface area (Å²) in [5.74, 6) is -0.848. The maximum absolute atomic E-state index is 12.7. The minimum atomic E-state index is -0.345. The molecule has 2 aromatic carbocycles. The fourth-order valence-electron chi connectivity index (χ4n) is 3.74. The summed E-state index contributed by atoms with van der Waals surface area (Å²) in [7, 11) is 0. The molecule has 1 N–H and O–H groups in total. The number of hydrogen-bond acceptors (Lipinski definition) is 3. The number of imide groups is 1. The Morgan fingerprint density at radius 1 is 1.00 bits per heavy atom. The highest BCUT2D eigenvalue weighted by Crippen LogP contribution is 2.31. The molecule has 1 fully saturated rings. The standard InChI is InChI=1S/C21H20N2O3/c1-13-10-11-14(19(24)22-15-6-2-3-7-15)12-18(13)23-20(25)16-8-4-5-9-17(16)21(23)26/h4-5,8-12,15H,2-3,6-7H2,1H3,(H,22,24). The molecule has 0 radical (unpaired) electrons. The lowest BCUT2D eigenvalue weighted by molar-refractivity contribution is 0.0915. The SMILES string of the molecule is Cc1ccc(C(=O)NC2CCCC2)cc1N1C(=O)c2ccccc2C1=O. The zero-order valence-electron chi connectivity index (χ0n) is 14.6. The van der Waals surface area contributed by atoms with Crippen molar-refractivity contribution in [3.05, 3.63) is 64.7 Å². The van der Waals surface area contributed by atoms with E-state index in [4.69, 9.17) is 0 Å². The maximum Gasteiger partial charge on any atom is 0.266 e. The Balaban J connectivity index is 1.66. The predicted molar refractivity (Wildman–Crippen MR) is 98.5 cm³/mol. The van der Waals surface area contributed by atoms with Gasteiger partial charge >= 0.3 is 0 Å². The monoisotopic (exact) mass is 348 g/mol. The third kappa shape index (κ3) is 2.69. The van der Waals surface area contributed by atoms with Gasteiger partial charge in [-0.25, -0.2) is 4.90 Å². The van der Waals surface area contributed by atoms with Crippen LogP contribution in [0.1, 0.15) is 62.3 Å². The van der Waals surface area contributed by atoms with Crippen molar-refractivity contribution in [3.8, 4) is 0 Å². The zero-order chi connectivity index (χ0) is 18.3. The second kappa shape index (κ2) is 6.41. The molecule has 3 amide bonds. The van der Waals surface area contributed by atoms with Crippen LogP contribution in [0.5, 0.6) is 0 Å². The van der Waals surface area contributed by atoms with E-state index in [-0.39, 0.29) is 23.8 Å². The van der Waals surface area contributed by atoms with Gasteiger partial charge in [-0.2, -0.15) is 0 Å². The second-order valence-corrected chi connectivity index (χ2v) is 6.95. The smallest absolute Gasteiger partial charge is 0.266 e. The summed E-state index contributed by atoms with van der Waals surface area (Å²) in [6.07, 6.45) is 4.28. The summed E-state index contributed by atoms with van der Waals surface area (Å²) < 4.78 is 0. The largest absolute Gasteiger partial charge is 0.349 e. The van der Waals surface area contributed by atoms with Crippen molar-refractivity contribution in [2.24, 2.45) is 0 Å². The molecule has 2 aromatic rings. The van der Waals surface area contributed by atoms with Crippen LogP contribution in [0.2, 0.25) is 0 Å². The van der Waals surface area contributed by atoms with E-state index in [0.29, 0.717) is 22.4 Å². The molecule has 5 nitrogen and oxygen atoms in total. The highest BCUT2D eigenvalue weighted by Gasteiger charge is 2.37. The van der Waals surface area contributed by atoms with Crippen molar-refractivity contribution in [2.45, 2.75) is 38.6 Å². The van der Waals surface area contributed by atoms with Gasteiger partial charge in [0.2, 0.25) is 0 Å². The molecule has 1 saturated carbocycles. The van der Waals surface area contributed by atoms with Crippen LogP contribution in [0.4, 0.5) is 5.69 Å². The van der Waals surface area contributed by atoms with Gasteiger partial charge in [-0.15, -0.1) is 0 Å². The first kappa shape index (κ1) is 16.5. The molecule has 0 bridgehead atoms. The Bertz CT molecular complexity index is 878. The topological polar surface area (TPSA) is 66.5 Å². The lowest BCUT2D eigenvalue weighted by Gasteiger charge is -2.18. The summed E-state index contributed by atoms with van der Waals surface area (Å²) in [6.45, 7) is 1.83. The van der Waals surface area contributed by atoms with E-state index in [9.17, 15) is 14.4 Å². The van der Waals surface area contributed by atoms with Crippen LogP contribution in [0, 0.1) is 6.92 Å². The van der Waals surface area contributed by atoms with Crippen LogP contribution >= 0.6 is 0 Å². The van der Waals surface area contributed by atoms with Gasteiger partial charge in [0.25, 0.3) is 17.7 Å². The van der Waals surface area contributed by atoms with Crippen LogP contribution in [0.3, 0.4) is 0 Å². The first-order valence-corrected chi connectivity index (χ1v) is 8.95. The van der Waals surface area contributed by atoms with E-state index in [1.807, 2.05) is 6.92 Å². The summed E-state index contributed by atoms with van der Waals surface area (Å²) in [5.41, 5.74) is 2.51. The molecule has 5 heteroatoms. The molecule has 1 heterocycles. The molecule has 1 aliphatic carbocycles. The molecule has 0 atom stereocenters. The second-order valence-electron chi connectivity index (χ2n) is 6.95.